The topological polar surface area (TPSA) is 72.5 Å². The number of aliphatic hydroxyl groups is 1. The predicted molar refractivity (Wildman–Crippen MR) is 84.2 cm³/mol. The molecule has 0 unspecified atom stereocenters. The minimum Gasteiger partial charge on any atom is -0.456 e. The van der Waals surface area contributed by atoms with E-state index in [1.165, 1.54) is 0 Å². The maximum Gasteiger partial charge on any atom is 0.343 e. The summed E-state index contributed by atoms with van der Waals surface area (Å²) in [4.78, 5) is 12.7. The molecule has 0 aliphatic heterocycles. The number of alkyl halides is 2. The Kier molecular flexibility index (Phi) is 4.44. The van der Waals surface area contributed by atoms with Crippen LogP contribution in [0, 0.1) is 5.92 Å². The highest BCUT2D eigenvalue weighted by Crippen LogP contribution is 2.48. The van der Waals surface area contributed by atoms with E-state index in [0.29, 0.717) is 6.42 Å². The Morgan fingerprint density at radius 3 is 2.54 bits per heavy atom. The average molecular weight is 337 g/mol. The zero-order chi connectivity index (χ0) is 17.4. The van der Waals surface area contributed by atoms with Crippen molar-refractivity contribution in [3.63, 3.8) is 0 Å². The number of hydrogen-bond acceptors (Lipinski definition) is 4. The zero-order valence-electron chi connectivity index (χ0n) is 13.2. The molecule has 0 heterocycles. The third kappa shape index (κ3) is 3.21. The highest BCUT2D eigenvalue weighted by molar-refractivity contribution is 5.82. The lowest BCUT2D eigenvalue weighted by Gasteiger charge is -2.33. The summed E-state index contributed by atoms with van der Waals surface area (Å²) < 4.78 is 32.7. The molecule has 4 nitrogen and oxygen atoms in total. The van der Waals surface area contributed by atoms with Gasteiger partial charge in [0.25, 0.3) is 0 Å². The summed E-state index contributed by atoms with van der Waals surface area (Å²) in [6, 6.07) is 7.97. The van der Waals surface area contributed by atoms with Gasteiger partial charge in [-0.25, -0.2) is 13.6 Å². The Labute approximate surface area is 139 Å². The van der Waals surface area contributed by atoms with Gasteiger partial charge in [0.05, 0.1) is 0 Å². The van der Waals surface area contributed by atoms with Gasteiger partial charge in [0.2, 0.25) is 5.92 Å². The van der Waals surface area contributed by atoms with Gasteiger partial charge in [0.15, 0.2) is 5.60 Å². The number of rotatable bonds is 4. The van der Waals surface area contributed by atoms with Crippen LogP contribution in [0.4, 0.5) is 8.78 Å². The zero-order valence-corrected chi connectivity index (χ0v) is 13.2. The minimum atomic E-state index is -2.87. The first-order valence-corrected chi connectivity index (χ1v) is 8.12. The Bertz CT molecular complexity index is 634. The molecule has 0 saturated heterocycles. The summed E-state index contributed by atoms with van der Waals surface area (Å²) in [5, 5.41) is 11.1. The molecule has 3 rings (SSSR count). The van der Waals surface area contributed by atoms with E-state index in [2.05, 4.69) is 0 Å². The maximum atomic E-state index is 13.7. The summed E-state index contributed by atoms with van der Waals surface area (Å²) >= 11 is 0. The van der Waals surface area contributed by atoms with Crippen molar-refractivity contribution >= 4 is 5.97 Å². The van der Waals surface area contributed by atoms with Gasteiger partial charge in [-0.2, -0.15) is 0 Å². The molecule has 0 radical (unpaired) electrons. The number of carbonyl (C=O) groups excluding carboxylic acids is 1. The van der Waals surface area contributed by atoms with Gasteiger partial charge >= 0.3 is 5.97 Å². The molecule has 1 saturated carbocycles. The van der Waals surface area contributed by atoms with Crippen LogP contribution in [-0.4, -0.2) is 29.1 Å². The van der Waals surface area contributed by atoms with Crippen LogP contribution < -0.4 is 5.73 Å². The molecular formula is C18H21F2NO3. The third-order valence-electron chi connectivity index (χ3n) is 4.86. The van der Waals surface area contributed by atoms with Crippen LogP contribution in [0.3, 0.4) is 0 Å². The van der Waals surface area contributed by atoms with Crippen LogP contribution in [-0.2, 0) is 15.1 Å². The molecule has 0 bridgehead atoms. The van der Waals surface area contributed by atoms with Crippen molar-refractivity contribution in [2.24, 2.45) is 11.7 Å². The number of halogens is 2. The fourth-order valence-electron chi connectivity index (χ4n) is 3.53. The number of nitrogens with two attached hydrogens (primary N) is 1. The summed E-state index contributed by atoms with van der Waals surface area (Å²) in [6.45, 7) is 0. The molecule has 0 amide bonds. The third-order valence-corrected chi connectivity index (χ3v) is 4.86. The summed E-state index contributed by atoms with van der Waals surface area (Å²) in [5.74, 6) is -4.65. The van der Waals surface area contributed by atoms with Crippen molar-refractivity contribution in [3.8, 4) is 0 Å². The van der Waals surface area contributed by atoms with Gasteiger partial charge in [0.1, 0.15) is 6.10 Å². The van der Waals surface area contributed by atoms with Gasteiger partial charge < -0.3 is 15.6 Å². The number of carbonyl (C=O) groups is 1. The average Bonchev–Trinajstić information content (AvgIpc) is 3.12. The first-order chi connectivity index (χ1) is 11.3. The lowest BCUT2D eigenvalue weighted by atomic mass is 9.80. The molecule has 2 aliphatic rings. The molecule has 1 aromatic carbocycles. The molecule has 130 valence electrons. The molecule has 0 aromatic heterocycles. The van der Waals surface area contributed by atoms with Crippen molar-refractivity contribution in [1.29, 1.82) is 0 Å². The van der Waals surface area contributed by atoms with Crippen molar-refractivity contribution in [2.45, 2.75) is 49.4 Å². The number of ether oxygens (including phenoxy) is 1. The van der Waals surface area contributed by atoms with E-state index in [-0.39, 0.29) is 24.4 Å². The molecule has 4 atom stereocenters. The second kappa shape index (κ2) is 6.26. The molecule has 24 heavy (non-hydrogen) atoms. The molecule has 3 N–H and O–H groups in total. The first kappa shape index (κ1) is 17.0. The van der Waals surface area contributed by atoms with Gasteiger partial charge in [-0.05, 0) is 18.1 Å². The van der Waals surface area contributed by atoms with Crippen molar-refractivity contribution in [1.82, 2.24) is 0 Å². The quantitative estimate of drug-likeness (QED) is 0.654. The lowest BCUT2D eigenvalue weighted by molar-refractivity contribution is -0.178. The predicted octanol–water partition coefficient (Wildman–Crippen LogP) is 2.51. The molecule has 1 fully saturated rings. The van der Waals surface area contributed by atoms with E-state index in [1.807, 2.05) is 0 Å². The normalized spacial score (nSPS) is 30.9. The minimum absolute atomic E-state index is 0.0630. The van der Waals surface area contributed by atoms with Crippen LogP contribution in [0.2, 0.25) is 0 Å². The Balaban J connectivity index is 1.88. The SMILES string of the molecule is N[C@@H]1C=C[C@@H](OC(=O)[C@](O)(c2ccccc2)[C@@H]2CCC(F)(F)C2)C1. The molecule has 0 spiro atoms. The van der Waals surface area contributed by atoms with Gasteiger partial charge in [-0.1, -0.05) is 36.4 Å². The summed E-state index contributed by atoms with van der Waals surface area (Å²) in [6.07, 6.45) is 2.47. The highest BCUT2D eigenvalue weighted by atomic mass is 19.3. The molecular weight excluding hydrogens is 316 g/mol. The summed E-state index contributed by atoms with van der Waals surface area (Å²) in [5.41, 5.74) is 3.94. The van der Waals surface area contributed by atoms with Crippen LogP contribution in [0.5, 0.6) is 0 Å². The maximum absolute atomic E-state index is 13.7. The van der Waals surface area contributed by atoms with E-state index in [1.54, 1.807) is 42.5 Å². The highest BCUT2D eigenvalue weighted by Gasteiger charge is 2.54. The fourth-order valence-corrected chi connectivity index (χ4v) is 3.53. The van der Waals surface area contributed by atoms with Crippen LogP contribution in [0.1, 0.15) is 31.2 Å². The second-order valence-corrected chi connectivity index (χ2v) is 6.66. The molecule has 2 aliphatic carbocycles. The van der Waals surface area contributed by atoms with Crippen molar-refractivity contribution < 1.29 is 23.4 Å². The van der Waals surface area contributed by atoms with Gasteiger partial charge in [-0.15, -0.1) is 0 Å². The van der Waals surface area contributed by atoms with Crippen molar-refractivity contribution in [2.75, 3.05) is 0 Å². The van der Waals surface area contributed by atoms with E-state index < -0.39 is 35.9 Å². The lowest BCUT2D eigenvalue weighted by Crippen LogP contribution is -2.45. The van der Waals surface area contributed by atoms with E-state index in [0.717, 1.165) is 0 Å². The van der Waals surface area contributed by atoms with Crippen LogP contribution in [0.15, 0.2) is 42.5 Å². The largest absolute Gasteiger partial charge is 0.456 e. The van der Waals surface area contributed by atoms with Crippen LogP contribution in [0.25, 0.3) is 0 Å². The van der Waals surface area contributed by atoms with Gasteiger partial charge in [-0.3, -0.25) is 0 Å². The van der Waals surface area contributed by atoms with E-state index >= 15 is 0 Å². The molecule has 1 aromatic rings. The Hall–Kier alpha value is -1.79. The van der Waals surface area contributed by atoms with Crippen molar-refractivity contribution in [3.05, 3.63) is 48.0 Å². The molecule has 6 heteroatoms. The van der Waals surface area contributed by atoms with E-state index in [9.17, 15) is 18.7 Å². The first-order valence-electron chi connectivity index (χ1n) is 8.12. The fraction of sp³-hybridized carbons (Fsp3) is 0.500. The van der Waals surface area contributed by atoms with Gasteiger partial charge in [0, 0.05) is 31.2 Å². The van der Waals surface area contributed by atoms with E-state index in [4.69, 9.17) is 10.5 Å². The summed E-state index contributed by atoms with van der Waals surface area (Å²) in [7, 11) is 0. The Morgan fingerprint density at radius 2 is 2.00 bits per heavy atom. The monoisotopic (exact) mass is 337 g/mol. The number of hydrogen-bond donors (Lipinski definition) is 2. The van der Waals surface area contributed by atoms with Crippen LogP contribution >= 0.6 is 0 Å². The standard InChI is InChI=1S/C18H21F2NO3/c19-17(20)9-8-13(11-17)18(23,12-4-2-1-3-5-12)16(22)24-15-7-6-14(21)10-15/h1-7,13-15,23H,8-11,21H2/t13-,14-,15-,18+/m1/s1. The Morgan fingerprint density at radius 1 is 1.29 bits per heavy atom. The number of benzene rings is 1. The second-order valence-electron chi connectivity index (χ2n) is 6.66. The number of esters is 1. The smallest absolute Gasteiger partial charge is 0.343 e.